The number of hydrogen-bond donors (Lipinski definition) is 0. The van der Waals surface area contributed by atoms with Crippen molar-refractivity contribution >= 4 is 33.8 Å². The van der Waals surface area contributed by atoms with Crippen molar-refractivity contribution in [2.24, 2.45) is 0 Å². The first-order valence-corrected chi connectivity index (χ1v) is 9.95. The maximum atomic E-state index is 13.5. The van der Waals surface area contributed by atoms with Gasteiger partial charge in [0.25, 0.3) is 0 Å². The number of aryl methyl sites for hydroxylation is 3. The van der Waals surface area contributed by atoms with Gasteiger partial charge in [-0.3, -0.25) is 19.8 Å². The summed E-state index contributed by atoms with van der Waals surface area (Å²) in [4.78, 5) is 28.9. The molecule has 156 valence electrons. The predicted molar refractivity (Wildman–Crippen MR) is 113 cm³/mol. The molecule has 0 unspecified atom stereocenters. The van der Waals surface area contributed by atoms with Gasteiger partial charge in [0.2, 0.25) is 5.91 Å². The van der Waals surface area contributed by atoms with Crippen LogP contribution in [0.2, 0.25) is 0 Å². The summed E-state index contributed by atoms with van der Waals surface area (Å²) < 4.78 is 18.9. The molecule has 0 radical (unpaired) electrons. The number of nitro groups is 1. The highest BCUT2D eigenvalue weighted by Crippen LogP contribution is 2.35. The zero-order valence-electron chi connectivity index (χ0n) is 16.9. The summed E-state index contributed by atoms with van der Waals surface area (Å²) in [6, 6.07) is 7.02. The van der Waals surface area contributed by atoms with Crippen molar-refractivity contribution < 1.29 is 18.8 Å². The molecule has 1 amide bonds. The largest absolute Gasteiger partial charge is 0.480 e. The molecule has 1 heterocycles. The Kier molecular flexibility index (Phi) is 6.12. The maximum Gasteiger partial charge on any atom is 0.311 e. The van der Waals surface area contributed by atoms with E-state index >= 15 is 0 Å². The summed E-state index contributed by atoms with van der Waals surface area (Å²) >= 11 is 1.26. The molecular formula is C21H20FN3O4S. The molecule has 3 rings (SSSR count). The monoisotopic (exact) mass is 429 g/mol. The van der Waals surface area contributed by atoms with Crippen LogP contribution >= 0.6 is 11.3 Å². The highest BCUT2D eigenvalue weighted by molar-refractivity contribution is 7.14. The van der Waals surface area contributed by atoms with Gasteiger partial charge in [-0.1, -0.05) is 17.7 Å². The van der Waals surface area contributed by atoms with E-state index < -0.39 is 10.7 Å². The molecule has 0 saturated heterocycles. The normalized spacial score (nSPS) is 10.7. The van der Waals surface area contributed by atoms with Gasteiger partial charge < -0.3 is 4.74 Å². The van der Waals surface area contributed by atoms with Gasteiger partial charge in [0, 0.05) is 24.4 Å². The van der Waals surface area contributed by atoms with Crippen LogP contribution in [-0.2, 0) is 11.4 Å². The van der Waals surface area contributed by atoms with Crippen LogP contribution in [0.5, 0.6) is 5.75 Å². The second-order valence-corrected chi connectivity index (χ2v) is 7.72. The number of benzene rings is 2. The van der Waals surface area contributed by atoms with Crippen LogP contribution in [0.4, 0.5) is 20.9 Å². The summed E-state index contributed by atoms with van der Waals surface area (Å²) in [5.41, 5.74) is 3.92. The maximum absolute atomic E-state index is 13.5. The number of carbonyl (C=O) groups is 1. The molecule has 0 saturated carbocycles. The van der Waals surface area contributed by atoms with Crippen LogP contribution in [0, 0.1) is 36.7 Å². The molecule has 3 aromatic rings. The van der Waals surface area contributed by atoms with Crippen molar-refractivity contribution in [2.75, 3.05) is 4.90 Å². The number of nitro benzene ring substituents is 1. The fourth-order valence-corrected chi connectivity index (χ4v) is 4.14. The Labute approximate surface area is 176 Å². The molecular weight excluding hydrogens is 409 g/mol. The van der Waals surface area contributed by atoms with Gasteiger partial charge in [0.05, 0.1) is 16.3 Å². The van der Waals surface area contributed by atoms with Gasteiger partial charge in [-0.05, 0) is 38.0 Å². The molecule has 7 nitrogen and oxygen atoms in total. The summed E-state index contributed by atoms with van der Waals surface area (Å²) in [5.74, 6) is -1.00. The van der Waals surface area contributed by atoms with Gasteiger partial charge in [-0.15, -0.1) is 11.3 Å². The first-order valence-electron chi connectivity index (χ1n) is 9.07. The Morgan fingerprint density at radius 1 is 1.23 bits per heavy atom. The molecule has 0 fully saturated rings. The molecule has 0 aliphatic carbocycles. The Balaban J connectivity index is 1.88. The van der Waals surface area contributed by atoms with Gasteiger partial charge >= 0.3 is 5.69 Å². The number of hydrogen-bond acceptors (Lipinski definition) is 6. The number of aromatic nitrogens is 1. The fraction of sp³-hybridized carbons (Fsp3) is 0.238. The van der Waals surface area contributed by atoms with Crippen molar-refractivity contribution in [3.63, 3.8) is 0 Å². The molecule has 30 heavy (non-hydrogen) atoms. The van der Waals surface area contributed by atoms with Crippen LogP contribution in [0.25, 0.3) is 0 Å². The van der Waals surface area contributed by atoms with Gasteiger partial charge in [0.15, 0.2) is 10.9 Å². The predicted octanol–water partition coefficient (Wildman–Crippen LogP) is 5.38. The molecule has 0 spiro atoms. The summed E-state index contributed by atoms with van der Waals surface area (Å²) in [6.07, 6.45) is 0. The standard InChI is InChI=1S/C21H20FN3O4S/c1-12-7-13(2)20(14(3)8-12)24(15(4)26)21-23-17(11-30-21)10-29-19-9-16(22)5-6-18(19)25(27)28/h5-9,11H,10H2,1-4H3. The average Bonchev–Trinajstić information content (AvgIpc) is 3.10. The molecule has 0 bridgehead atoms. The Morgan fingerprint density at radius 2 is 1.90 bits per heavy atom. The first kappa shape index (κ1) is 21.4. The van der Waals surface area contributed by atoms with Crippen molar-refractivity contribution in [1.29, 1.82) is 0 Å². The Bertz CT molecular complexity index is 1110. The first-order chi connectivity index (χ1) is 14.2. The molecule has 0 N–H and O–H groups in total. The lowest BCUT2D eigenvalue weighted by atomic mass is 10.0. The minimum atomic E-state index is -0.637. The Morgan fingerprint density at radius 3 is 2.50 bits per heavy atom. The van der Waals surface area contributed by atoms with Crippen molar-refractivity contribution in [3.8, 4) is 5.75 Å². The topological polar surface area (TPSA) is 85.6 Å². The summed E-state index contributed by atoms with van der Waals surface area (Å²) in [6.45, 7) is 7.23. The number of rotatable bonds is 6. The molecule has 1 aromatic heterocycles. The molecule has 0 atom stereocenters. The third kappa shape index (κ3) is 4.46. The number of nitrogens with zero attached hydrogens (tertiary/aromatic N) is 3. The third-order valence-corrected chi connectivity index (χ3v) is 5.27. The lowest BCUT2D eigenvalue weighted by Gasteiger charge is -2.23. The van der Waals surface area contributed by atoms with E-state index in [9.17, 15) is 19.3 Å². The number of halogens is 1. The minimum Gasteiger partial charge on any atom is -0.480 e. The molecule has 0 aliphatic rings. The zero-order valence-corrected chi connectivity index (χ0v) is 17.7. The fourth-order valence-electron chi connectivity index (χ4n) is 3.28. The second-order valence-electron chi connectivity index (χ2n) is 6.88. The van der Waals surface area contributed by atoms with E-state index in [1.54, 1.807) is 10.3 Å². The van der Waals surface area contributed by atoms with Gasteiger partial charge in [0.1, 0.15) is 12.4 Å². The van der Waals surface area contributed by atoms with E-state index in [2.05, 4.69) is 4.98 Å². The molecule has 9 heteroatoms. The lowest BCUT2D eigenvalue weighted by molar-refractivity contribution is -0.386. The third-order valence-electron chi connectivity index (χ3n) is 4.40. The second kappa shape index (κ2) is 8.58. The van der Waals surface area contributed by atoms with E-state index in [1.165, 1.54) is 18.3 Å². The quantitative estimate of drug-likeness (QED) is 0.388. The number of carbonyl (C=O) groups excluding carboxylic acids is 1. The number of amides is 1. The number of anilines is 2. The SMILES string of the molecule is CC(=O)N(c1nc(COc2cc(F)ccc2[N+](=O)[O-])cs1)c1c(C)cc(C)cc1C. The zero-order chi connectivity index (χ0) is 22.0. The lowest BCUT2D eigenvalue weighted by Crippen LogP contribution is -2.24. The van der Waals surface area contributed by atoms with E-state index in [-0.39, 0.29) is 24.0 Å². The van der Waals surface area contributed by atoms with E-state index in [0.29, 0.717) is 10.8 Å². The van der Waals surface area contributed by atoms with Crippen molar-refractivity contribution in [2.45, 2.75) is 34.3 Å². The summed E-state index contributed by atoms with van der Waals surface area (Å²) in [5, 5.41) is 13.3. The summed E-state index contributed by atoms with van der Waals surface area (Å²) in [7, 11) is 0. The highest BCUT2D eigenvalue weighted by atomic mass is 32.1. The average molecular weight is 429 g/mol. The highest BCUT2D eigenvalue weighted by Gasteiger charge is 2.22. The van der Waals surface area contributed by atoms with E-state index in [4.69, 9.17) is 4.74 Å². The van der Waals surface area contributed by atoms with Crippen molar-refractivity contribution in [3.05, 3.63) is 74.0 Å². The van der Waals surface area contributed by atoms with Gasteiger partial charge in [-0.2, -0.15) is 0 Å². The Hall–Kier alpha value is -3.33. The number of ether oxygens (including phenoxy) is 1. The van der Waals surface area contributed by atoms with E-state index in [0.717, 1.165) is 40.6 Å². The van der Waals surface area contributed by atoms with Crippen LogP contribution < -0.4 is 9.64 Å². The van der Waals surface area contributed by atoms with Crippen molar-refractivity contribution in [1.82, 2.24) is 4.98 Å². The molecule has 2 aromatic carbocycles. The van der Waals surface area contributed by atoms with E-state index in [1.807, 2.05) is 32.9 Å². The van der Waals surface area contributed by atoms with Crippen LogP contribution in [0.1, 0.15) is 29.3 Å². The van der Waals surface area contributed by atoms with Crippen LogP contribution in [-0.4, -0.2) is 15.8 Å². The van der Waals surface area contributed by atoms with Crippen LogP contribution in [0.3, 0.4) is 0 Å². The minimum absolute atomic E-state index is 0.0988. The number of thiazole rings is 1. The van der Waals surface area contributed by atoms with Gasteiger partial charge in [-0.25, -0.2) is 9.37 Å². The van der Waals surface area contributed by atoms with Crippen LogP contribution in [0.15, 0.2) is 35.7 Å². The smallest absolute Gasteiger partial charge is 0.311 e. The molecule has 0 aliphatic heterocycles.